The van der Waals surface area contributed by atoms with E-state index in [1.54, 1.807) is 0 Å². The van der Waals surface area contributed by atoms with Gasteiger partial charge in [-0.25, -0.2) is 0 Å². The highest BCUT2D eigenvalue weighted by Crippen LogP contribution is 2.82. The van der Waals surface area contributed by atoms with Crippen molar-refractivity contribution < 1.29 is 14.3 Å². The van der Waals surface area contributed by atoms with Gasteiger partial charge in [0.05, 0.1) is 0 Å². The first-order valence-corrected chi connectivity index (χ1v) is 11.4. The lowest BCUT2D eigenvalue weighted by molar-refractivity contribution is -0.177. The number of hydrogen-bond donors (Lipinski definition) is 0. The average molecular weight is 367 g/mol. The van der Waals surface area contributed by atoms with Gasteiger partial charge in [-0.2, -0.15) is 0 Å². The summed E-state index contributed by atoms with van der Waals surface area (Å²) in [6, 6.07) is 0. The van der Waals surface area contributed by atoms with Crippen LogP contribution in [0.5, 0.6) is 0 Å². The van der Waals surface area contributed by atoms with Crippen LogP contribution in [0.25, 0.3) is 0 Å². The molecule has 0 amide bonds. The molecule has 0 aromatic carbocycles. The van der Waals surface area contributed by atoms with E-state index < -0.39 is 0 Å². The molecule has 0 aromatic rings. The van der Waals surface area contributed by atoms with Gasteiger partial charge in [0.1, 0.15) is 5.60 Å². The fourth-order valence-electron chi connectivity index (χ4n) is 9.74. The normalized spacial score (nSPS) is 62.0. The highest BCUT2D eigenvalue weighted by molar-refractivity contribution is 5.92. The second-order valence-corrected chi connectivity index (χ2v) is 11.5. The summed E-state index contributed by atoms with van der Waals surface area (Å²) in [4.78, 5) is 24.3. The summed E-state index contributed by atoms with van der Waals surface area (Å²) in [7, 11) is 0. The number of ketones is 1. The van der Waals surface area contributed by atoms with E-state index in [2.05, 4.69) is 19.9 Å². The summed E-state index contributed by atoms with van der Waals surface area (Å²) < 4.78 is 6.22. The Labute approximate surface area is 161 Å². The number of hydrogen-bond acceptors (Lipinski definition) is 3. The molecule has 0 N–H and O–H groups in total. The Morgan fingerprint density at radius 1 is 1.00 bits per heavy atom. The zero-order chi connectivity index (χ0) is 18.3. The Kier molecular flexibility index (Phi) is 2.56. The number of allylic oxidation sites excluding steroid dienone is 1. The zero-order valence-corrected chi connectivity index (χ0v) is 16.5. The minimum Gasteiger partial charge on any atom is -0.458 e. The maximum atomic E-state index is 12.2. The second kappa shape index (κ2) is 4.39. The summed E-state index contributed by atoms with van der Waals surface area (Å²) in [5.41, 5.74) is 1.85. The van der Waals surface area contributed by atoms with Crippen LogP contribution < -0.4 is 0 Å². The van der Waals surface area contributed by atoms with Crippen LogP contribution in [0.1, 0.15) is 65.2 Å². The Balaban J connectivity index is 1.33. The third kappa shape index (κ3) is 1.58. The molecule has 6 aliphatic carbocycles. The van der Waals surface area contributed by atoms with Crippen molar-refractivity contribution in [3.05, 3.63) is 11.6 Å². The molecule has 1 saturated heterocycles. The van der Waals surface area contributed by atoms with Gasteiger partial charge >= 0.3 is 5.97 Å². The SMILES string of the molecule is C[C@]12CCC(=O)C=C1[C@@H]1C[C@@H]1C1C2CC[C@@]2(C)C1C1C[C@@H]1C21CCC(=O)O1. The molecule has 27 heavy (non-hydrogen) atoms. The van der Waals surface area contributed by atoms with Gasteiger partial charge in [0.15, 0.2) is 5.78 Å². The fraction of sp³-hybridized carbons (Fsp3) is 0.833. The molecule has 3 nitrogen and oxygen atoms in total. The van der Waals surface area contributed by atoms with Gasteiger partial charge in [-0.05, 0) is 85.5 Å². The van der Waals surface area contributed by atoms with E-state index in [4.69, 9.17) is 4.74 Å². The van der Waals surface area contributed by atoms with Crippen LogP contribution >= 0.6 is 0 Å². The number of carbonyl (C=O) groups is 2. The highest BCUT2D eigenvalue weighted by Gasteiger charge is 2.81. The molecule has 0 aromatic heterocycles. The first-order chi connectivity index (χ1) is 12.9. The van der Waals surface area contributed by atoms with Crippen molar-refractivity contribution in [3.8, 4) is 0 Å². The Morgan fingerprint density at radius 3 is 2.63 bits per heavy atom. The van der Waals surface area contributed by atoms with E-state index in [0.717, 1.165) is 48.9 Å². The number of ether oxygens (including phenoxy) is 1. The van der Waals surface area contributed by atoms with E-state index in [1.807, 2.05) is 0 Å². The van der Waals surface area contributed by atoms with E-state index in [1.165, 1.54) is 31.3 Å². The van der Waals surface area contributed by atoms with E-state index in [-0.39, 0.29) is 22.4 Å². The second-order valence-electron chi connectivity index (χ2n) is 11.5. The van der Waals surface area contributed by atoms with Crippen LogP contribution in [0.2, 0.25) is 0 Å². The number of fused-ring (bicyclic) bond motifs is 12. The standard InChI is InChI=1S/C24H30O3/c1-22-6-3-12(25)9-17(22)13-10-14(13)20-16(22)4-7-23(2)21(20)15-11-18(15)24(23)8-5-19(26)27-24/h9,13-16,18,20-21H,3-8,10-11H2,1-2H3/t13-,14+,15?,16?,18+,20?,21?,22-,23+,24?/m1/s1. The van der Waals surface area contributed by atoms with Gasteiger partial charge < -0.3 is 4.74 Å². The summed E-state index contributed by atoms with van der Waals surface area (Å²) in [6.07, 6.45) is 10.6. The van der Waals surface area contributed by atoms with Crippen molar-refractivity contribution in [2.75, 3.05) is 0 Å². The summed E-state index contributed by atoms with van der Waals surface area (Å²) in [6.45, 7) is 4.99. The maximum Gasteiger partial charge on any atom is 0.306 e. The molecule has 1 spiro atoms. The molecule has 3 heteroatoms. The molecule has 6 fully saturated rings. The van der Waals surface area contributed by atoms with Crippen LogP contribution in [-0.4, -0.2) is 17.4 Å². The highest BCUT2D eigenvalue weighted by atomic mass is 16.6. The van der Waals surface area contributed by atoms with Crippen molar-refractivity contribution in [2.24, 2.45) is 52.3 Å². The lowest BCUT2D eigenvalue weighted by Crippen LogP contribution is -2.57. The van der Waals surface area contributed by atoms with Crippen molar-refractivity contribution in [2.45, 2.75) is 70.8 Å². The molecule has 10 atom stereocenters. The summed E-state index contributed by atoms with van der Waals surface area (Å²) in [5.74, 6) is 5.65. The fourth-order valence-corrected chi connectivity index (χ4v) is 9.74. The Bertz CT molecular complexity index is 827. The molecule has 5 saturated carbocycles. The monoisotopic (exact) mass is 366 g/mol. The van der Waals surface area contributed by atoms with Gasteiger partial charge in [-0.1, -0.05) is 19.4 Å². The minimum atomic E-state index is -0.131. The maximum absolute atomic E-state index is 12.2. The largest absolute Gasteiger partial charge is 0.458 e. The first-order valence-electron chi connectivity index (χ1n) is 11.4. The lowest BCUT2D eigenvalue weighted by atomic mass is 9.45. The predicted octanol–water partition coefficient (Wildman–Crippen LogP) is 4.31. The van der Waals surface area contributed by atoms with Crippen LogP contribution in [-0.2, 0) is 14.3 Å². The summed E-state index contributed by atoms with van der Waals surface area (Å²) in [5, 5.41) is 0. The van der Waals surface area contributed by atoms with Gasteiger partial charge in [0.25, 0.3) is 0 Å². The molecule has 5 unspecified atom stereocenters. The van der Waals surface area contributed by atoms with E-state index in [0.29, 0.717) is 24.0 Å². The molecule has 7 aliphatic rings. The molecule has 7 rings (SSSR count). The van der Waals surface area contributed by atoms with Crippen LogP contribution in [0, 0.1) is 52.3 Å². The molecular formula is C24H30O3. The van der Waals surface area contributed by atoms with E-state index >= 15 is 0 Å². The first kappa shape index (κ1) is 15.8. The third-order valence-corrected chi connectivity index (χ3v) is 10.9. The quantitative estimate of drug-likeness (QED) is 0.600. The van der Waals surface area contributed by atoms with Crippen molar-refractivity contribution in [1.82, 2.24) is 0 Å². The minimum absolute atomic E-state index is 0.0561. The molecule has 144 valence electrons. The van der Waals surface area contributed by atoms with E-state index in [9.17, 15) is 9.59 Å². The number of carbonyl (C=O) groups excluding carboxylic acids is 2. The molecular weight excluding hydrogens is 336 g/mol. The van der Waals surface area contributed by atoms with Crippen molar-refractivity contribution in [3.63, 3.8) is 0 Å². The average Bonchev–Trinajstić information content (AvgIpc) is 3.53. The molecule has 1 aliphatic heterocycles. The Morgan fingerprint density at radius 2 is 1.85 bits per heavy atom. The van der Waals surface area contributed by atoms with Gasteiger partial charge in [0.2, 0.25) is 0 Å². The number of rotatable bonds is 0. The van der Waals surface area contributed by atoms with Crippen molar-refractivity contribution in [1.29, 1.82) is 0 Å². The third-order valence-electron chi connectivity index (χ3n) is 10.9. The van der Waals surface area contributed by atoms with Gasteiger partial charge in [-0.3, -0.25) is 9.59 Å². The van der Waals surface area contributed by atoms with Crippen LogP contribution in [0.4, 0.5) is 0 Å². The van der Waals surface area contributed by atoms with Crippen LogP contribution in [0.3, 0.4) is 0 Å². The smallest absolute Gasteiger partial charge is 0.306 e. The van der Waals surface area contributed by atoms with Gasteiger partial charge in [0, 0.05) is 24.2 Å². The molecule has 0 radical (unpaired) electrons. The summed E-state index contributed by atoms with van der Waals surface area (Å²) >= 11 is 0. The molecule has 1 heterocycles. The predicted molar refractivity (Wildman–Crippen MR) is 99.5 cm³/mol. The lowest BCUT2D eigenvalue weighted by Gasteiger charge is -2.60. The topological polar surface area (TPSA) is 43.4 Å². The number of esters is 1. The molecule has 0 bridgehead atoms. The zero-order valence-electron chi connectivity index (χ0n) is 16.5. The van der Waals surface area contributed by atoms with Crippen molar-refractivity contribution >= 4 is 11.8 Å². The van der Waals surface area contributed by atoms with Crippen LogP contribution in [0.15, 0.2) is 11.6 Å². The Hall–Kier alpha value is -1.12. The van der Waals surface area contributed by atoms with Gasteiger partial charge in [-0.15, -0.1) is 0 Å².